The smallest absolute Gasteiger partial charge is 0.0808 e. The van der Waals surface area contributed by atoms with Gasteiger partial charge in [-0.25, -0.2) is 0 Å². The van der Waals surface area contributed by atoms with Gasteiger partial charge < -0.3 is 0 Å². The summed E-state index contributed by atoms with van der Waals surface area (Å²) in [6, 6.07) is 3.48. The van der Waals surface area contributed by atoms with Crippen molar-refractivity contribution in [2.24, 2.45) is 0 Å². The van der Waals surface area contributed by atoms with E-state index in [1.807, 2.05) is 6.92 Å². The lowest BCUT2D eigenvalue weighted by molar-refractivity contribution is 0.480. The van der Waals surface area contributed by atoms with Gasteiger partial charge in [-0.15, -0.1) is 0 Å². The highest BCUT2D eigenvalue weighted by Gasteiger charge is 2.19. The van der Waals surface area contributed by atoms with Gasteiger partial charge >= 0.3 is 0 Å². The normalized spacial score (nSPS) is 20.6. The van der Waals surface area contributed by atoms with Gasteiger partial charge in [-0.3, -0.25) is 0 Å². The molecule has 9 heavy (non-hydrogen) atoms. The van der Waals surface area contributed by atoms with Crippen LogP contribution in [-0.4, -0.2) is 6.04 Å². The first-order chi connectivity index (χ1) is 4.43. The summed E-state index contributed by atoms with van der Waals surface area (Å²) in [7, 11) is 0. The van der Waals surface area contributed by atoms with E-state index in [1.165, 1.54) is 32.1 Å². The van der Waals surface area contributed by atoms with Crippen LogP contribution >= 0.6 is 0 Å². The van der Waals surface area contributed by atoms with Crippen molar-refractivity contribution in [2.75, 3.05) is 0 Å². The molecular formula is C8H14N+. The predicted octanol–water partition coefficient (Wildman–Crippen LogP) is 2.67. The molecular weight excluding hydrogens is 110 g/mol. The molecule has 1 aliphatic carbocycles. The molecule has 0 aromatic heterocycles. The summed E-state index contributed by atoms with van der Waals surface area (Å²) >= 11 is 0. The molecule has 0 aliphatic heterocycles. The van der Waals surface area contributed by atoms with Crippen LogP contribution in [0.2, 0.25) is 0 Å². The first-order valence-corrected chi connectivity index (χ1v) is 3.80. The van der Waals surface area contributed by atoms with E-state index < -0.39 is 0 Å². The molecule has 0 unspecified atom stereocenters. The zero-order chi connectivity index (χ0) is 6.53. The van der Waals surface area contributed by atoms with Crippen molar-refractivity contribution in [3.05, 3.63) is 4.85 Å². The fraction of sp³-hybridized carbons (Fsp3) is 0.875. The van der Waals surface area contributed by atoms with Gasteiger partial charge in [-0.05, 0) is 12.8 Å². The minimum absolute atomic E-state index is 0.615. The Kier molecular flexibility index (Phi) is 2.57. The van der Waals surface area contributed by atoms with Crippen LogP contribution in [0.1, 0.15) is 39.0 Å². The lowest BCUT2D eigenvalue weighted by atomic mass is 9.96. The second kappa shape index (κ2) is 3.50. The third-order valence-corrected chi connectivity index (χ3v) is 1.89. The molecule has 0 amide bonds. The molecule has 0 spiro atoms. The zero-order valence-corrected chi connectivity index (χ0v) is 6.06. The fourth-order valence-corrected chi connectivity index (χ4v) is 1.39. The highest BCUT2D eigenvalue weighted by atomic mass is 14.7. The van der Waals surface area contributed by atoms with Crippen molar-refractivity contribution in [1.82, 2.24) is 0 Å². The molecule has 1 rings (SSSR count). The van der Waals surface area contributed by atoms with Crippen LogP contribution in [0.4, 0.5) is 0 Å². The third-order valence-electron chi connectivity index (χ3n) is 1.89. The van der Waals surface area contributed by atoms with Gasteiger partial charge in [0.1, 0.15) is 0 Å². The van der Waals surface area contributed by atoms with Crippen LogP contribution in [0.15, 0.2) is 0 Å². The second-order valence-electron chi connectivity index (χ2n) is 2.64. The first kappa shape index (κ1) is 6.61. The highest BCUT2D eigenvalue weighted by Crippen LogP contribution is 2.19. The average Bonchev–Trinajstić information content (AvgIpc) is 1.91. The van der Waals surface area contributed by atoms with E-state index in [0.717, 1.165) is 0 Å². The van der Waals surface area contributed by atoms with Crippen molar-refractivity contribution >= 4 is 0 Å². The summed E-state index contributed by atoms with van der Waals surface area (Å²) in [5.41, 5.74) is 0. The van der Waals surface area contributed by atoms with Gasteiger partial charge in [-0.2, -0.15) is 0 Å². The molecule has 0 atom stereocenters. The molecule has 0 saturated heterocycles. The summed E-state index contributed by atoms with van der Waals surface area (Å²) in [6.07, 6.45) is 6.74. The Morgan fingerprint density at radius 1 is 1.22 bits per heavy atom. The lowest BCUT2D eigenvalue weighted by Gasteiger charge is -2.07. The van der Waals surface area contributed by atoms with Crippen molar-refractivity contribution in [2.45, 2.75) is 45.1 Å². The summed E-state index contributed by atoms with van der Waals surface area (Å²) in [5.74, 6) is 0. The first-order valence-electron chi connectivity index (χ1n) is 3.80. The van der Waals surface area contributed by atoms with Crippen molar-refractivity contribution in [1.29, 1.82) is 0 Å². The summed E-state index contributed by atoms with van der Waals surface area (Å²) in [5, 5.41) is 0. The Hall–Kier alpha value is -0.510. The summed E-state index contributed by atoms with van der Waals surface area (Å²) in [4.78, 5) is 4.23. The Morgan fingerprint density at radius 2 is 1.89 bits per heavy atom. The Labute approximate surface area is 56.9 Å². The van der Waals surface area contributed by atoms with Gasteiger partial charge in [0.15, 0.2) is 0 Å². The SMILES string of the molecule is CC#[N+]C1CCCCC1. The molecule has 1 saturated carbocycles. The average molecular weight is 124 g/mol. The zero-order valence-electron chi connectivity index (χ0n) is 6.06. The molecule has 0 bridgehead atoms. The molecule has 0 aromatic rings. The molecule has 0 aromatic carbocycles. The number of nitrogens with zero attached hydrogens (tertiary/aromatic N) is 1. The predicted molar refractivity (Wildman–Crippen MR) is 39.8 cm³/mol. The second-order valence-corrected chi connectivity index (χ2v) is 2.64. The maximum atomic E-state index is 4.23. The number of hydrogen-bond acceptors (Lipinski definition) is 0. The maximum absolute atomic E-state index is 4.23. The van der Waals surface area contributed by atoms with Crippen LogP contribution in [0.5, 0.6) is 0 Å². The summed E-state index contributed by atoms with van der Waals surface area (Å²) in [6.45, 7) is 1.88. The Bertz CT molecular complexity index is 123. The van der Waals surface area contributed by atoms with E-state index in [4.69, 9.17) is 0 Å². The monoisotopic (exact) mass is 124 g/mol. The third kappa shape index (κ3) is 2.05. The molecule has 1 fully saturated rings. The molecule has 0 radical (unpaired) electrons. The van der Waals surface area contributed by atoms with Gasteiger partial charge in [0.25, 0.3) is 12.1 Å². The van der Waals surface area contributed by atoms with Crippen LogP contribution in [-0.2, 0) is 0 Å². The van der Waals surface area contributed by atoms with Crippen LogP contribution in [0.3, 0.4) is 0 Å². The molecule has 1 aliphatic rings. The van der Waals surface area contributed by atoms with Crippen molar-refractivity contribution < 1.29 is 0 Å². The van der Waals surface area contributed by atoms with E-state index in [9.17, 15) is 0 Å². The van der Waals surface area contributed by atoms with E-state index in [-0.39, 0.29) is 0 Å². The highest BCUT2D eigenvalue weighted by molar-refractivity contribution is 4.90. The quantitative estimate of drug-likeness (QED) is 0.467. The van der Waals surface area contributed by atoms with Gasteiger partial charge in [0.2, 0.25) is 0 Å². The fourth-order valence-electron chi connectivity index (χ4n) is 1.39. The minimum Gasteiger partial charge on any atom is -0.0808 e. The van der Waals surface area contributed by atoms with E-state index in [2.05, 4.69) is 10.9 Å². The van der Waals surface area contributed by atoms with Gasteiger partial charge in [0, 0.05) is 12.8 Å². The van der Waals surface area contributed by atoms with Crippen molar-refractivity contribution in [3.63, 3.8) is 0 Å². The number of rotatable bonds is 0. The molecule has 0 N–H and O–H groups in total. The Balaban J connectivity index is 2.28. The summed E-state index contributed by atoms with van der Waals surface area (Å²) < 4.78 is 0. The van der Waals surface area contributed by atoms with Crippen molar-refractivity contribution in [3.8, 4) is 6.07 Å². The molecule has 1 heteroatoms. The molecule has 0 heterocycles. The standard InChI is InChI=1S/C8H14N/c1-2-9-8-6-4-3-5-7-8/h8H,3-7H2,1H3/q+1. The van der Waals surface area contributed by atoms with Gasteiger partial charge in [-0.1, -0.05) is 11.3 Å². The van der Waals surface area contributed by atoms with Crippen LogP contribution < -0.4 is 0 Å². The minimum atomic E-state index is 0.615. The largest absolute Gasteiger partial charge is 0.272 e. The van der Waals surface area contributed by atoms with Crippen LogP contribution in [0, 0.1) is 6.07 Å². The topological polar surface area (TPSA) is 4.36 Å². The lowest BCUT2D eigenvalue weighted by Crippen LogP contribution is -2.06. The Morgan fingerprint density at radius 3 is 2.44 bits per heavy atom. The molecule has 1 nitrogen and oxygen atoms in total. The van der Waals surface area contributed by atoms with Crippen LogP contribution in [0.25, 0.3) is 4.85 Å². The van der Waals surface area contributed by atoms with Gasteiger partial charge in [0.05, 0.1) is 6.92 Å². The molecule has 50 valence electrons. The van der Waals surface area contributed by atoms with E-state index in [1.54, 1.807) is 0 Å². The number of hydrogen-bond donors (Lipinski definition) is 0. The maximum Gasteiger partial charge on any atom is 0.272 e. The van der Waals surface area contributed by atoms with E-state index >= 15 is 0 Å². The van der Waals surface area contributed by atoms with E-state index in [0.29, 0.717) is 6.04 Å².